The summed E-state index contributed by atoms with van der Waals surface area (Å²) in [5, 5.41) is 0. The van der Waals surface area contributed by atoms with Crippen LogP contribution in [0.2, 0.25) is 0 Å². The fourth-order valence-corrected chi connectivity index (χ4v) is 2.03. The maximum Gasteiger partial charge on any atom is 0.204 e. The molecule has 0 N–H and O–H groups in total. The van der Waals surface area contributed by atoms with Gasteiger partial charge in [0.2, 0.25) is 5.78 Å². The standard InChI is InChI=1S/C5H4Cl4O/c6-4(7)1-2-5(8,9)3(4)10/h1-2H2. The lowest BCUT2D eigenvalue weighted by Gasteiger charge is -2.11. The third-order valence-corrected chi connectivity index (χ3v) is 2.86. The molecule has 1 rings (SSSR count). The molecule has 0 aromatic heterocycles. The number of rotatable bonds is 0. The minimum absolute atomic E-state index is 0.321. The first-order chi connectivity index (χ1) is 4.36. The van der Waals surface area contributed by atoms with Crippen molar-refractivity contribution in [2.75, 3.05) is 0 Å². The molecule has 1 nitrogen and oxygen atoms in total. The number of hydrogen-bond acceptors (Lipinski definition) is 1. The molecule has 5 heteroatoms. The van der Waals surface area contributed by atoms with Crippen LogP contribution < -0.4 is 0 Å². The molecule has 0 radical (unpaired) electrons. The molecule has 0 aromatic rings. The molecule has 1 saturated carbocycles. The van der Waals surface area contributed by atoms with Crippen molar-refractivity contribution >= 4 is 52.2 Å². The van der Waals surface area contributed by atoms with E-state index in [-0.39, 0.29) is 0 Å². The number of Topliss-reactive ketones (excluding diaryl/α,β-unsaturated/α-hetero) is 1. The second-order valence-electron chi connectivity index (χ2n) is 2.24. The molecule has 0 amide bonds. The van der Waals surface area contributed by atoms with Crippen LogP contribution in [0.25, 0.3) is 0 Å². The molecule has 10 heavy (non-hydrogen) atoms. The van der Waals surface area contributed by atoms with E-state index in [2.05, 4.69) is 0 Å². The second-order valence-corrected chi connectivity index (χ2v) is 5.21. The predicted molar refractivity (Wildman–Crippen MR) is 43.1 cm³/mol. The molecule has 0 aliphatic heterocycles. The van der Waals surface area contributed by atoms with Crippen LogP contribution in [0.15, 0.2) is 0 Å². The summed E-state index contributed by atoms with van der Waals surface area (Å²) in [6, 6.07) is 0. The highest BCUT2D eigenvalue weighted by Gasteiger charge is 2.53. The first-order valence-corrected chi connectivity index (χ1v) is 4.18. The second kappa shape index (κ2) is 2.41. The fraction of sp³-hybridized carbons (Fsp3) is 0.800. The van der Waals surface area contributed by atoms with Crippen molar-refractivity contribution in [2.24, 2.45) is 0 Å². The van der Waals surface area contributed by atoms with Gasteiger partial charge in [0, 0.05) is 0 Å². The van der Waals surface area contributed by atoms with E-state index in [1.807, 2.05) is 0 Å². The minimum atomic E-state index is -1.37. The van der Waals surface area contributed by atoms with Gasteiger partial charge in [-0.3, -0.25) is 4.79 Å². The third kappa shape index (κ3) is 1.38. The van der Waals surface area contributed by atoms with Crippen molar-refractivity contribution in [2.45, 2.75) is 21.5 Å². The summed E-state index contributed by atoms with van der Waals surface area (Å²) >= 11 is 22.2. The Morgan fingerprint density at radius 1 is 1.00 bits per heavy atom. The van der Waals surface area contributed by atoms with Gasteiger partial charge in [0.1, 0.15) is 0 Å². The Hall–Kier alpha value is 0.830. The zero-order chi connectivity index (χ0) is 7.99. The Morgan fingerprint density at radius 3 is 1.40 bits per heavy atom. The van der Waals surface area contributed by atoms with Gasteiger partial charge >= 0.3 is 0 Å². The first kappa shape index (κ1) is 8.92. The highest BCUT2D eigenvalue weighted by molar-refractivity contribution is 6.69. The largest absolute Gasteiger partial charge is 0.293 e. The monoisotopic (exact) mass is 220 g/mol. The van der Waals surface area contributed by atoms with Gasteiger partial charge in [0.05, 0.1) is 0 Å². The van der Waals surface area contributed by atoms with E-state index in [1.54, 1.807) is 0 Å². The van der Waals surface area contributed by atoms with Gasteiger partial charge in [0.25, 0.3) is 0 Å². The molecule has 0 atom stereocenters. The van der Waals surface area contributed by atoms with E-state index in [0.717, 1.165) is 0 Å². The van der Waals surface area contributed by atoms with E-state index in [1.165, 1.54) is 0 Å². The smallest absolute Gasteiger partial charge is 0.204 e. The van der Waals surface area contributed by atoms with Crippen molar-refractivity contribution in [3.63, 3.8) is 0 Å². The van der Waals surface area contributed by atoms with Gasteiger partial charge < -0.3 is 0 Å². The molecule has 58 valence electrons. The summed E-state index contributed by atoms with van der Waals surface area (Å²) in [6.45, 7) is 0. The topological polar surface area (TPSA) is 17.1 Å². The van der Waals surface area contributed by atoms with Gasteiger partial charge in [-0.15, -0.1) is 0 Å². The highest BCUT2D eigenvalue weighted by Crippen LogP contribution is 2.47. The summed E-state index contributed by atoms with van der Waals surface area (Å²) in [7, 11) is 0. The van der Waals surface area contributed by atoms with Crippen molar-refractivity contribution < 1.29 is 4.79 Å². The first-order valence-electron chi connectivity index (χ1n) is 2.67. The van der Waals surface area contributed by atoms with Gasteiger partial charge in [-0.05, 0) is 12.8 Å². The average Bonchev–Trinajstić information content (AvgIpc) is 1.95. The molecule has 0 unspecified atom stereocenters. The molecule has 0 saturated heterocycles. The summed E-state index contributed by atoms with van der Waals surface area (Å²) in [5.74, 6) is -0.508. The van der Waals surface area contributed by atoms with Gasteiger partial charge in [0.15, 0.2) is 8.67 Å². The molecule has 0 aromatic carbocycles. The number of halogens is 4. The number of alkyl halides is 4. The quantitative estimate of drug-likeness (QED) is 0.575. The van der Waals surface area contributed by atoms with Crippen molar-refractivity contribution in [1.29, 1.82) is 0 Å². The van der Waals surface area contributed by atoms with Gasteiger partial charge in [-0.2, -0.15) is 0 Å². The molecular weight excluding hydrogens is 218 g/mol. The number of hydrogen-bond donors (Lipinski definition) is 0. The molecule has 0 heterocycles. The van der Waals surface area contributed by atoms with E-state index < -0.39 is 14.4 Å². The van der Waals surface area contributed by atoms with Crippen molar-refractivity contribution in [3.05, 3.63) is 0 Å². The van der Waals surface area contributed by atoms with Crippen LogP contribution in [0, 0.1) is 0 Å². The minimum Gasteiger partial charge on any atom is -0.293 e. The van der Waals surface area contributed by atoms with Crippen LogP contribution in [0.3, 0.4) is 0 Å². The molecule has 0 spiro atoms. The Labute approximate surface area is 78.6 Å². The molecule has 1 aliphatic carbocycles. The maximum absolute atomic E-state index is 11.0. The lowest BCUT2D eigenvalue weighted by molar-refractivity contribution is -0.118. The zero-order valence-electron chi connectivity index (χ0n) is 4.83. The van der Waals surface area contributed by atoms with E-state index in [4.69, 9.17) is 46.4 Å². The molecule has 0 bridgehead atoms. The predicted octanol–water partition coefficient (Wildman–Crippen LogP) is 2.70. The van der Waals surface area contributed by atoms with E-state index in [0.29, 0.717) is 12.8 Å². The maximum atomic E-state index is 11.0. The van der Waals surface area contributed by atoms with E-state index in [9.17, 15) is 4.79 Å². The van der Waals surface area contributed by atoms with Crippen molar-refractivity contribution in [1.82, 2.24) is 0 Å². The van der Waals surface area contributed by atoms with Crippen LogP contribution in [0.4, 0.5) is 0 Å². The lowest BCUT2D eigenvalue weighted by Crippen LogP contribution is -2.29. The molecule has 1 fully saturated rings. The Bertz CT molecular complexity index is 156. The van der Waals surface area contributed by atoms with Gasteiger partial charge in [-0.1, -0.05) is 46.4 Å². The SMILES string of the molecule is O=C1C(Cl)(Cl)CCC1(Cl)Cl. The normalized spacial score (nSPS) is 29.0. The number of ketones is 1. The lowest BCUT2D eigenvalue weighted by atomic mass is 10.3. The van der Waals surface area contributed by atoms with Crippen LogP contribution in [-0.2, 0) is 4.79 Å². The third-order valence-electron chi connectivity index (χ3n) is 1.42. The Kier molecular flexibility index (Phi) is 2.15. The molecule has 1 aliphatic rings. The Balaban J connectivity index is 2.88. The van der Waals surface area contributed by atoms with Crippen molar-refractivity contribution in [3.8, 4) is 0 Å². The van der Waals surface area contributed by atoms with Crippen LogP contribution >= 0.6 is 46.4 Å². The van der Waals surface area contributed by atoms with Crippen LogP contribution in [-0.4, -0.2) is 14.4 Å². The van der Waals surface area contributed by atoms with Crippen LogP contribution in [0.5, 0.6) is 0 Å². The fourth-order valence-electron chi connectivity index (χ4n) is 0.809. The Morgan fingerprint density at radius 2 is 1.30 bits per heavy atom. The molecular formula is C5H4Cl4O. The average molecular weight is 222 g/mol. The summed E-state index contributed by atoms with van der Waals surface area (Å²) in [5.41, 5.74) is 0. The summed E-state index contributed by atoms with van der Waals surface area (Å²) in [4.78, 5) is 11.0. The number of carbonyl (C=O) groups excluding carboxylic acids is 1. The summed E-state index contributed by atoms with van der Waals surface area (Å²) < 4.78 is -2.74. The number of carbonyl (C=O) groups is 1. The summed E-state index contributed by atoms with van der Waals surface area (Å²) in [6.07, 6.45) is 0.643. The zero-order valence-corrected chi connectivity index (χ0v) is 7.86. The van der Waals surface area contributed by atoms with E-state index >= 15 is 0 Å². The van der Waals surface area contributed by atoms with Crippen LogP contribution in [0.1, 0.15) is 12.8 Å². The van der Waals surface area contributed by atoms with Gasteiger partial charge in [-0.25, -0.2) is 0 Å². The highest BCUT2D eigenvalue weighted by atomic mass is 35.5.